The molecule has 0 aromatic rings. The van der Waals surface area contributed by atoms with E-state index in [0.29, 0.717) is 5.92 Å². The Morgan fingerprint density at radius 3 is 2.75 bits per heavy atom. The molecule has 4 nitrogen and oxygen atoms in total. The molecule has 0 aromatic heterocycles. The van der Waals surface area contributed by atoms with Crippen molar-refractivity contribution in [3.63, 3.8) is 0 Å². The highest BCUT2D eigenvalue weighted by atomic mass is 35.5. The van der Waals surface area contributed by atoms with E-state index < -0.39 is 5.54 Å². The number of amides is 1. The van der Waals surface area contributed by atoms with Crippen LogP contribution in [0.1, 0.15) is 25.7 Å². The molecule has 2 rings (SSSR count). The van der Waals surface area contributed by atoms with Crippen molar-refractivity contribution in [3.05, 3.63) is 0 Å². The fraction of sp³-hybridized carbons (Fsp3) is 0.909. The Morgan fingerprint density at radius 1 is 1.56 bits per heavy atom. The van der Waals surface area contributed by atoms with Gasteiger partial charge in [-0.1, -0.05) is 0 Å². The number of hydrogen-bond donors (Lipinski definition) is 1. The largest absolute Gasteiger partial charge is 0.381 e. The van der Waals surface area contributed by atoms with Gasteiger partial charge in [0.2, 0.25) is 5.91 Å². The lowest BCUT2D eigenvalue weighted by atomic mass is 10.0. The van der Waals surface area contributed by atoms with Crippen LogP contribution in [0, 0.1) is 5.92 Å². The van der Waals surface area contributed by atoms with E-state index in [0.717, 1.165) is 45.4 Å². The molecule has 1 amide bonds. The van der Waals surface area contributed by atoms with Crippen molar-refractivity contribution in [3.8, 4) is 0 Å². The molecule has 2 fully saturated rings. The monoisotopic (exact) mass is 248 g/mol. The topological polar surface area (TPSA) is 55.6 Å². The molecule has 1 aliphatic heterocycles. The van der Waals surface area contributed by atoms with E-state index in [1.54, 1.807) is 4.90 Å². The Kier molecular flexibility index (Phi) is 4.59. The standard InChI is InChI=1S/C11H20N2O2.ClH/c1-13(10(14)11(12)4-5-11)7-9-3-2-6-15-8-9;/h9H,2-8,12H2,1H3;1H. The minimum Gasteiger partial charge on any atom is -0.381 e. The minimum absolute atomic E-state index is 0. The van der Waals surface area contributed by atoms with Gasteiger partial charge in [0, 0.05) is 20.2 Å². The molecule has 0 spiro atoms. The van der Waals surface area contributed by atoms with Crippen LogP contribution in [0.5, 0.6) is 0 Å². The number of ether oxygens (including phenoxy) is 1. The van der Waals surface area contributed by atoms with E-state index >= 15 is 0 Å². The molecular formula is C11H21ClN2O2. The third kappa shape index (κ3) is 3.09. The van der Waals surface area contributed by atoms with Gasteiger partial charge in [0.25, 0.3) is 0 Å². The molecule has 1 saturated carbocycles. The van der Waals surface area contributed by atoms with Crippen LogP contribution in [-0.4, -0.2) is 43.2 Å². The van der Waals surface area contributed by atoms with Gasteiger partial charge < -0.3 is 15.4 Å². The number of carbonyl (C=O) groups excluding carboxylic acids is 1. The minimum atomic E-state index is -0.524. The number of nitrogens with two attached hydrogens (primary N) is 1. The Bertz CT molecular complexity index is 250. The summed E-state index contributed by atoms with van der Waals surface area (Å²) in [5, 5.41) is 0. The van der Waals surface area contributed by atoms with Crippen LogP contribution < -0.4 is 5.73 Å². The zero-order valence-corrected chi connectivity index (χ0v) is 10.6. The Morgan fingerprint density at radius 2 is 2.25 bits per heavy atom. The summed E-state index contributed by atoms with van der Waals surface area (Å²) in [6, 6.07) is 0. The maximum Gasteiger partial charge on any atom is 0.242 e. The SMILES string of the molecule is CN(CC1CCCOC1)C(=O)C1(N)CC1.Cl. The zero-order valence-electron chi connectivity index (χ0n) is 9.78. The molecule has 1 aliphatic carbocycles. The van der Waals surface area contributed by atoms with E-state index in [4.69, 9.17) is 10.5 Å². The predicted molar refractivity (Wildman–Crippen MR) is 64.6 cm³/mol. The first kappa shape index (κ1) is 13.7. The highest BCUT2D eigenvalue weighted by molar-refractivity contribution is 5.88. The van der Waals surface area contributed by atoms with Gasteiger partial charge in [0.1, 0.15) is 0 Å². The number of halogens is 1. The Labute approximate surface area is 103 Å². The molecule has 2 N–H and O–H groups in total. The van der Waals surface area contributed by atoms with Crippen LogP contribution in [-0.2, 0) is 9.53 Å². The second kappa shape index (κ2) is 5.34. The zero-order chi connectivity index (χ0) is 10.9. The summed E-state index contributed by atoms with van der Waals surface area (Å²) < 4.78 is 5.39. The first-order valence-corrected chi connectivity index (χ1v) is 5.74. The van der Waals surface area contributed by atoms with Crippen LogP contribution in [0.2, 0.25) is 0 Å². The van der Waals surface area contributed by atoms with Crippen molar-refractivity contribution in [2.45, 2.75) is 31.2 Å². The van der Waals surface area contributed by atoms with Crippen molar-refractivity contribution in [2.24, 2.45) is 11.7 Å². The van der Waals surface area contributed by atoms with Crippen LogP contribution in [0.25, 0.3) is 0 Å². The number of carbonyl (C=O) groups is 1. The molecule has 0 radical (unpaired) electrons. The Balaban J connectivity index is 0.00000128. The molecule has 1 atom stereocenters. The Hall–Kier alpha value is -0.320. The van der Waals surface area contributed by atoms with Crippen molar-refractivity contribution in [1.82, 2.24) is 4.90 Å². The van der Waals surface area contributed by atoms with E-state index in [-0.39, 0.29) is 18.3 Å². The molecule has 16 heavy (non-hydrogen) atoms. The van der Waals surface area contributed by atoms with Crippen LogP contribution in [0.15, 0.2) is 0 Å². The van der Waals surface area contributed by atoms with Gasteiger partial charge in [-0.05, 0) is 31.6 Å². The van der Waals surface area contributed by atoms with Crippen molar-refractivity contribution in [2.75, 3.05) is 26.8 Å². The molecule has 0 bridgehead atoms. The first-order chi connectivity index (χ1) is 7.12. The maximum absolute atomic E-state index is 11.9. The van der Waals surface area contributed by atoms with Gasteiger partial charge in [-0.25, -0.2) is 0 Å². The maximum atomic E-state index is 11.9. The summed E-state index contributed by atoms with van der Waals surface area (Å²) in [5.41, 5.74) is 5.35. The highest BCUT2D eigenvalue weighted by Gasteiger charge is 2.47. The second-order valence-electron chi connectivity index (χ2n) is 4.92. The number of rotatable bonds is 3. The van der Waals surface area contributed by atoms with Gasteiger partial charge in [-0.2, -0.15) is 0 Å². The average molecular weight is 249 g/mol. The highest BCUT2D eigenvalue weighted by Crippen LogP contribution is 2.34. The molecule has 2 aliphatic rings. The average Bonchev–Trinajstić information content (AvgIpc) is 2.98. The molecule has 1 saturated heterocycles. The van der Waals surface area contributed by atoms with E-state index in [1.165, 1.54) is 0 Å². The summed E-state index contributed by atoms with van der Waals surface area (Å²) in [5.74, 6) is 0.600. The van der Waals surface area contributed by atoms with Crippen molar-refractivity contribution in [1.29, 1.82) is 0 Å². The van der Waals surface area contributed by atoms with Gasteiger partial charge in [-0.3, -0.25) is 4.79 Å². The number of nitrogens with zero attached hydrogens (tertiary/aromatic N) is 1. The quantitative estimate of drug-likeness (QED) is 0.803. The van der Waals surface area contributed by atoms with Crippen LogP contribution in [0.3, 0.4) is 0 Å². The van der Waals surface area contributed by atoms with Gasteiger partial charge in [0.05, 0.1) is 12.1 Å². The van der Waals surface area contributed by atoms with Crippen molar-refractivity contribution < 1.29 is 9.53 Å². The molecule has 94 valence electrons. The van der Waals surface area contributed by atoms with E-state index in [2.05, 4.69) is 0 Å². The summed E-state index contributed by atoms with van der Waals surface area (Å²) in [6.45, 7) is 2.45. The third-order valence-corrected chi connectivity index (χ3v) is 3.35. The summed E-state index contributed by atoms with van der Waals surface area (Å²) in [6.07, 6.45) is 3.96. The van der Waals surface area contributed by atoms with Crippen LogP contribution in [0.4, 0.5) is 0 Å². The fourth-order valence-corrected chi connectivity index (χ4v) is 2.15. The van der Waals surface area contributed by atoms with Crippen LogP contribution >= 0.6 is 12.4 Å². The van der Waals surface area contributed by atoms with Gasteiger partial charge in [0.15, 0.2) is 0 Å². The number of likely N-dealkylation sites (N-methyl/N-ethyl adjacent to an activating group) is 1. The van der Waals surface area contributed by atoms with E-state index in [9.17, 15) is 4.79 Å². The number of hydrogen-bond acceptors (Lipinski definition) is 3. The lowest BCUT2D eigenvalue weighted by molar-refractivity contribution is -0.133. The van der Waals surface area contributed by atoms with E-state index in [1.807, 2.05) is 7.05 Å². The summed E-state index contributed by atoms with van der Waals surface area (Å²) in [4.78, 5) is 13.6. The summed E-state index contributed by atoms with van der Waals surface area (Å²) in [7, 11) is 1.85. The normalized spacial score (nSPS) is 26.8. The van der Waals surface area contributed by atoms with Crippen molar-refractivity contribution >= 4 is 18.3 Å². The van der Waals surface area contributed by atoms with Gasteiger partial charge >= 0.3 is 0 Å². The smallest absolute Gasteiger partial charge is 0.242 e. The lowest BCUT2D eigenvalue weighted by Gasteiger charge is -2.28. The molecule has 1 heterocycles. The predicted octanol–water partition coefficient (Wildman–Crippen LogP) is 0.784. The molecule has 0 aromatic carbocycles. The first-order valence-electron chi connectivity index (χ1n) is 5.74. The molecular weight excluding hydrogens is 228 g/mol. The van der Waals surface area contributed by atoms with Gasteiger partial charge in [-0.15, -0.1) is 12.4 Å². The second-order valence-corrected chi connectivity index (χ2v) is 4.92. The fourth-order valence-electron chi connectivity index (χ4n) is 2.15. The summed E-state index contributed by atoms with van der Waals surface area (Å²) >= 11 is 0. The lowest BCUT2D eigenvalue weighted by Crippen LogP contribution is -2.46. The molecule has 5 heteroatoms. The molecule has 1 unspecified atom stereocenters. The third-order valence-electron chi connectivity index (χ3n) is 3.35.